The molecule has 1 aromatic rings. The second-order valence-electron chi connectivity index (χ2n) is 6.62. The summed E-state index contributed by atoms with van der Waals surface area (Å²) in [7, 11) is 0. The molecule has 2 fully saturated rings. The van der Waals surface area contributed by atoms with Gasteiger partial charge in [0.05, 0.1) is 0 Å². The molecule has 1 N–H and O–H groups in total. The van der Waals surface area contributed by atoms with Gasteiger partial charge in [-0.15, -0.1) is 0 Å². The summed E-state index contributed by atoms with van der Waals surface area (Å²) in [6.45, 7) is 7.09. The van der Waals surface area contributed by atoms with Crippen LogP contribution >= 0.6 is 0 Å². The van der Waals surface area contributed by atoms with Crippen molar-refractivity contribution >= 4 is 5.69 Å². The Morgan fingerprint density at radius 2 is 1.90 bits per heavy atom. The van der Waals surface area contributed by atoms with Crippen molar-refractivity contribution in [3.8, 4) is 0 Å². The molecule has 0 bridgehead atoms. The zero-order valence-corrected chi connectivity index (χ0v) is 12.8. The van der Waals surface area contributed by atoms with Crippen molar-refractivity contribution in [2.45, 2.75) is 45.6 Å². The van der Waals surface area contributed by atoms with E-state index in [4.69, 9.17) is 0 Å². The van der Waals surface area contributed by atoms with Crippen LogP contribution in [0.1, 0.15) is 44.6 Å². The van der Waals surface area contributed by atoms with E-state index in [1.807, 2.05) is 0 Å². The molecule has 1 aromatic carbocycles. The Balaban J connectivity index is 1.56. The molecule has 1 aliphatic carbocycles. The number of nitrogens with zero attached hydrogens (tertiary/aromatic N) is 1. The highest BCUT2D eigenvalue weighted by atomic mass is 15.1. The SMILES string of the molecule is CC1CCCC1CNCc1ccccc1N1CCCC1. The maximum absolute atomic E-state index is 3.71. The number of hydrogen-bond donors (Lipinski definition) is 1. The Hall–Kier alpha value is -1.02. The highest BCUT2D eigenvalue weighted by Gasteiger charge is 2.22. The third kappa shape index (κ3) is 3.17. The molecule has 1 aliphatic heterocycles. The molecule has 1 saturated heterocycles. The topological polar surface area (TPSA) is 15.3 Å². The summed E-state index contributed by atoms with van der Waals surface area (Å²) < 4.78 is 0. The summed E-state index contributed by atoms with van der Waals surface area (Å²) in [6, 6.07) is 8.93. The minimum absolute atomic E-state index is 0.897. The normalized spacial score (nSPS) is 26.4. The predicted molar refractivity (Wildman–Crippen MR) is 86.1 cm³/mol. The van der Waals surface area contributed by atoms with E-state index < -0.39 is 0 Å². The zero-order valence-electron chi connectivity index (χ0n) is 12.8. The summed E-state index contributed by atoms with van der Waals surface area (Å²) >= 11 is 0. The fourth-order valence-corrected chi connectivity index (χ4v) is 3.84. The van der Waals surface area contributed by atoms with Gasteiger partial charge in [0.2, 0.25) is 0 Å². The molecule has 2 aliphatic rings. The van der Waals surface area contributed by atoms with E-state index in [2.05, 4.69) is 41.4 Å². The number of anilines is 1. The van der Waals surface area contributed by atoms with Gasteiger partial charge in [-0.3, -0.25) is 0 Å². The predicted octanol–water partition coefficient (Wildman–Crippen LogP) is 3.81. The molecule has 1 saturated carbocycles. The van der Waals surface area contributed by atoms with Crippen molar-refractivity contribution in [3.05, 3.63) is 29.8 Å². The van der Waals surface area contributed by atoms with Crippen molar-refractivity contribution in [1.29, 1.82) is 0 Å². The minimum Gasteiger partial charge on any atom is -0.371 e. The molecule has 0 radical (unpaired) electrons. The van der Waals surface area contributed by atoms with Crippen LogP contribution in [0.4, 0.5) is 5.69 Å². The van der Waals surface area contributed by atoms with Gasteiger partial charge >= 0.3 is 0 Å². The Morgan fingerprint density at radius 1 is 1.10 bits per heavy atom. The Labute approximate surface area is 123 Å². The molecule has 0 spiro atoms. The summed E-state index contributed by atoms with van der Waals surface area (Å²) in [5.74, 6) is 1.81. The van der Waals surface area contributed by atoms with Crippen molar-refractivity contribution in [2.75, 3.05) is 24.5 Å². The van der Waals surface area contributed by atoms with E-state index in [1.165, 1.54) is 63.0 Å². The number of benzene rings is 1. The Kier molecular flexibility index (Phi) is 4.62. The van der Waals surface area contributed by atoms with Crippen LogP contribution in [0.5, 0.6) is 0 Å². The summed E-state index contributed by atoms with van der Waals surface area (Å²) in [5.41, 5.74) is 2.93. The number of hydrogen-bond acceptors (Lipinski definition) is 2. The van der Waals surface area contributed by atoms with Gasteiger partial charge in [0.15, 0.2) is 0 Å². The molecule has 20 heavy (non-hydrogen) atoms. The van der Waals surface area contributed by atoms with E-state index in [9.17, 15) is 0 Å². The van der Waals surface area contributed by atoms with E-state index in [0.29, 0.717) is 0 Å². The number of rotatable bonds is 5. The van der Waals surface area contributed by atoms with E-state index in [-0.39, 0.29) is 0 Å². The van der Waals surface area contributed by atoms with Crippen LogP contribution in [-0.2, 0) is 6.54 Å². The summed E-state index contributed by atoms with van der Waals surface area (Å²) in [5, 5.41) is 3.71. The first-order valence-electron chi connectivity index (χ1n) is 8.38. The standard InChI is InChI=1S/C18H28N2/c1-15-7-6-9-16(15)13-19-14-17-8-2-3-10-18(17)20-11-4-5-12-20/h2-3,8,10,15-16,19H,4-7,9,11-14H2,1H3. The third-order valence-electron chi connectivity index (χ3n) is 5.20. The fraction of sp³-hybridized carbons (Fsp3) is 0.667. The van der Waals surface area contributed by atoms with Crippen molar-refractivity contribution in [3.63, 3.8) is 0 Å². The maximum atomic E-state index is 3.71. The van der Waals surface area contributed by atoms with Gasteiger partial charge in [0.25, 0.3) is 0 Å². The highest BCUT2D eigenvalue weighted by Crippen LogP contribution is 2.30. The molecule has 110 valence electrons. The maximum Gasteiger partial charge on any atom is 0.0411 e. The van der Waals surface area contributed by atoms with Crippen LogP contribution < -0.4 is 10.2 Å². The first-order valence-corrected chi connectivity index (χ1v) is 8.38. The lowest BCUT2D eigenvalue weighted by Crippen LogP contribution is -2.26. The fourth-order valence-electron chi connectivity index (χ4n) is 3.84. The second kappa shape index (κ2) is 6.62. The van der Waals surface area contributed by atoms with Crippen LogP contribution in [0, 0.1) is 11.8 Å². The molecule has 0 aromatic heterocycles. The summed E-state index contributed by atoms with van der Waals surface area (Å²) in [6.07, 6.45) is 6.97. The lowest BCUT2D eigenvalue weighted by molar-refractivity contribution is 0.392. The average Bonchev–Trinajstić information content (AvgIpc) is 3.12. The molecule has 2 atom stereocenters. The molecule has 2 unspecified atom stereocenters. The zero-order chi connectivity index (χ0) is 13.8. The quantitative estimate of drug-likeness (QED) is 0.877. The number of para-hydroxylation sites is 1. The molecule has 2 heteroatoms. The third-order valence-corrected chi connectivity index (χ3v) is 5.20. The van der Waals surface area contributed by atoms with Gasteiger partial charge in [-0.2, -0.15) is 0 Å². The van der Waals surface area contributed by atoms with Crippen LogP contribution in [0.3, 0.4) is 0 Å². The molecule has 1 heterocycles. The van der Waals surface area contributed by atoms with Gasteiger partial charge in [-0.05, 0) is 49.3 Å². The smallest absolute Gasteiger partial charge is 0.0411 e. The Morgan fingerprint density at radius 3 is 2.65 bits per heavy atom. The molecule has 0 amide bonds. The van der Waals surface area contributed by atoms with Crippen molar-refractivity contribution in [1.82, 2.24) is 5.32 Å². The van der Waals surface area contributed by atoms with Gasteiger partial charge in [-0.25, -0.2) is 0 Å². The lowest BCUT2D eigenvalue weighted by atomic mass is 9.98. The first kappa shape index (κ1) is 13.9. The van der Waals surface area contributed by atoms with E-state index >= 15 is 0 Å². The van der Waals surface area contributed by atoms with Crippen LogP contribution in [0.2, 0.25) is 0 Å². The van der Waals surface area contributed by atoms with Gasteiger partial charge in [-0.1, -0.05) is 38.0 Å². The number of nitrogens with one attached hydrogen (secondary N) is 1. The van der Waals surface area contributed by atoms with Crippen LogP contribution in [0.25, 0.3) is 0 Å². The Bertz CT molecular complexity index is 423. The average molecular weight is 272 g/mol. The van der Waals surface area contributed by atoms with Gasteiger partial charge in [0.1, 0.15) is 0 Å². The molecular formula is C18H28N2. The van der Waals surface area contributed by atoms with Crippen LogP contribution in [-0.4, -0.2) is 19.6 Å². The molecule has 2 nitrogen and oxygen atoms in total. The van der Waals surface area contributed by atoms with Crippen molar-refractivity contribution < 1.29 is 0 Å². The van der Waals surface area contributed by atoms with E-state index in [1.54, 1.807) is 0 Å². The van der Waals surface area contributed by atoms with Gasteiger partial charge < -0.3 is 10.2 Å². The summed E-state index contributed by atoms with van der Waals surface area (Å²) in [4.78, 5) is 2.55. The van der Waals surface area contributed by atoms with E-state index in [0.717, 1.165) is 18.4 Å². The largest absolute Gasteiger partial charge is 0.371 e. The minimum atomic E-state index is 0.897. The van der Waals surface area contributed by atoms with Crippen LogP contribution in [0.15, 0.2) is 24.3 Å². The monoisotopic (exact) mass is 272 g/mol. The molecular weight excluding hydrogens is 244 g/mol. The lowest BCUT2D eigenvalue weighted by Gasteiger charge is -2.22. The van der Waals surface area contributed by atoms with Crippen molar-refractivity contribution in [2.24, 2.45) is 11.8 Å². The molecule has 3 rings (SSSR count). The van der Waals surface area contributed by atoms with Gasteiger partial charge in [0, 0.05) is 25.3 Å². The second-order valence-corrected chi connectivity index (χ2v) is 6.62. The highest BCUT2D eigenvalue weighted by molar-refractivity contribution is 5.54. The first-order chi connectivity index (χ1) is 9.84.